The molecule has 0 aliphatic heterocycles. The minimum Gasteiger partial charge on any atom is -0.414 e. The lowest BCUT2D eigenvalue weighted by Crippen LogP contribution is -2.49. The molecular formula is C12H28N2OSi. The molecule has 0 aromatic carbocycles. The van der Waals surface area contributed by atoms with Gasteiger partial charge in [0, 0.05) is 18.2 Å². The van der Waals surface area contributed by atoms with Gasteiger partial charge >= 0.3 is 0 Å². The summed E-state index contributed by atoms with van der Waals surface area (Å²) in [6.07, 6.45) is 3.16. The van der Waals surface area contributed by atoms with Gasteiger partial charge in [-0.3, -0.25) is 0 Å². The Morgan fingerprint density at radius 3 is 1.81 bits per heavy atom. The first-order chi connectivity index (χ1) is 7.12. The summed E-state index contributed by atoms with van der Waals surface area (Å²) in [5.41, 5.74) is 12.0. The third-order valence-electron chi connectivity index (χ3n) is 4.00. The summed E-state index contributed by atoms with van der Waals surface area (Å²) in [6.45, 7) is 11.4. The highest BCUT2D eigenvalue weighted by atomic mass is 28.4. The predicted octanol–water partition coefficient (Wildman–Crippen LogP) is 2.22. The van der Waals surface area contributed by atoms with E-state index in [0.29, 0.717) is 0 Å². The third-order valence-corrected chi connectivity index (χ3v) is 8.54. The highest BCUT2D eigenvalue weighted by Crippen LogP contribution is 2.38. The fourth-order valence-corrected chi connectivity index (χ4v) is 3.42. The van der Waals surface area contributed by atoms with Crippen molar-refractivity contribution >= 4 is 8.32 Å². The lowest BCUT2D eigenvalue weighted by atomic mass is 9.90. The van der Waals surface area contributed by atoms with Gasteiger partial charge in [-0.15, -0.1) is 0 Å². The Labute approximate surface area is 101 Å². The Bertz CT molecular complexity index is 228. The van der Waals surface area contributed by atoms with E-state index in [1.807, 2.05) is 0 Å². The molecule has 3 nitrogen and oxygen atoms in total. The van der Waals surface area contributed by atoms with Crippen LogP contribution >= 0.6 is 0 Å². The molecule has 0 heterocycles. The SMILES string of the molecule is CC(C)(C)[Si](C)(C)OC1C[C@@H](N)C[C@@H](N)C1. The number of rotatable bonds is 2. The average Bonchev–Trinajstić information content (AvgIpc) is 1.97. The van der Waals surface area contributed by atoms with Crippen molar-refractivity contribution in [3.8, 4) is 0 Å². The zero-order valence-corrected chi connectivity index (χ0v) is 12.4. The van der Waals surface area contributed by atoms with Crippen molar-refractivity contribution in [2.75, 3.05) is 0 Å². The van der Waals surface area contributed by atoms with Crippen LogP contribution in [-0.4, -0.2) is 26.5 Å². The first-order valence-electron chi connectivity index (χ1n) is 6.31. The minimum atomic E-state index is -1.66. The smallest absolute Gasteiger partial charge is 0.192 e. The van der Waals surface area contributed by atoms with Gasteiger partial charge in [-0.05, 0) is 37.4 Å². The average molecular weight is 244 g/mol. The summed E-state index contributed by atoms with van der Waals surface area (Å²) >= 11 is 0. The lowest BCUT2D eigenvalue weighted by molar-refractivity contribution is 0.118. The van der Waals surface area contributed by atoms with Crippen LogP contribution < -0.4 is 11.5 Å². The van der Waals surface area contributed by atoms with Gasteiger partial charge in [0.05, 0.1) is 0 Å². The first-order valence-corrected chi connectivity index (χ1v) is 9.21. The Balaban J connectivity index is 2.60. The van der Waals surface area contributed by atoms with E-state index in [1.54, 1.807) is 0 Å². The fourth-order valence-electron chi connectivity index (χ4n) is 2.04. The molecule has 1 unspecified atom stereocenters. The maximum Gasteiger partial charge on any atom is 0.192 e. The minimum absolute atomic E-state index is 0.221. The Hall–Kier alpha value is 0.0969. The highest BCUT2D eigenvalue weighted by molar-refractivity contribution is 6.74. The van der Waals surface area contributed by atoms with E-state index < -0.39 is 8.32 Å². The van der Waals surface area contributed by atoms with Gasteiger partial charge in [-0.25, -0.2) is 0 Å². The molecule has 3 atom stereocenters. The number of nitrogens with two attached hydrogens (primary N) is 2. The van der Waals surface area contributed by atoms with E-state index in [4.69, 9.17) is 15.9 Å². The van der Waals surface area contributed by atoms with E-state index >= 15 is 0 Å². The maximum atomic E-state index is 6.36. The van der Waals surface area contributed by atoms with Crippen molar-refractivity contribution in [1.29, 1.82) is 0 Å². The Morgan fingerprint density at radius 2 is 1.44 bits per heavy atom. The van der Waals surface area contributed by atoms with Crippen molar-refractivity contribution < 1.29 is 4.43 Å². The third kappa shape index (κ3) is 3.55. The lowest BCUT2D eigenvalue weighted by Gasteiger charge is -2.42. The van der Waals surface area contributed by atoms with E-state index in [9.17, 15) is 0 Å². The summed E-state index contributed by atoms with van der Waals surface area (Å²) < 4.78 is 6.36. The van der Waals surface area contributed by atoms with Crippen LogP contribution in [0.15, 0.2) is 0 Å². The molecule has 1 aliphatic carbocycles. The van der Waals surface area contributed by atoms with Crippen LogP contribution in [0.4, 0.5) is 0 Å². The van der Waals surface area contributed by atoms with Crippen molar-refractivity contribution in [2.45, 2.75) is 76.4 Å². The predicted molar refractivity (Wildman–Crippen MR) is 71.9 cm³/mol. The van der Waals surface area contributed by atoms with Crippen LogP contribution in [0.1, 0.15) is 40.0 Å². The zero-order valence-electron chi connectivity index (χ0n) is 11.4. The molecule has 0 aromatic rings. The van der Waals surface area contributed by atoms with Crippen molar-refractivity contribution in [2.24, 2.45) is 11.5 Å². The van der Waals surface area contributed by atoms with E-state index in [2.05, 4.69) is 33.9 Å². The summed E-state index contributed by atoms with van der Waals surface area (Å²) in [5.74, 6) is 0. The van der Waals surface area contributed by atoms with Gasteiger partial charge in [-0.1, -0.05) is 20.8 Å². The molecule has 0 aromatic heterocycles. The summed E-state index contributed by atoms with van der Waals surface area (Å²) in [5, 5.41) is 0.263. The molecule has 0 bridgehead atoms. The van der Waals surface area contributed by atoms with E-state index in [1.165, 1.54) is 0 Å². The van der Waals surface area contributed by atoms with Crippen LogP contribution in [-0.2, 0) is 4.43 Å². The van der Waals surface area contributed by atoms with Crippen LogP contribution in [0.25, 0.3) is 0 Å². The molecule has 1 rings (SSSR count). The van der Waals surface area contributed by atoms with Gasteiger partial charge in [0.1, 0.15) is 0 Å². The quantitative estimate of drug-likeness (QED) is 0.732. The van der Waals surface area contributed by atoms with E-state index in [-0.39, 0.29) is 23.2 Å². The maximum absolute atomic E-state index is 6.36. The molecule has 1 fully saturated rings. The molecule has 1 aliphatic rings. The molecule has 0 radical (unpaired) electrons. The van der Waals surface area contributed by atoms with Gasteiger partial charge in [-0.2, -0.15) is 0 Å². The van der Waals surface area contributed by atoms with E-state index in [0.717, 1.165) is 19.3 Å². The van der Waals surface area contributed by atoms with Crippen LogP contribution in [0, 0.1) is 0 Å². The monoisotopic (exact) mass is 244 g/mol. The first kappa shape index (κ1) is 14.2. The summed E-state index contributed by atoms with van der Waals surface area (Å²) in [7, 11) is -1.66. The number of hydrogen-bond acceptors (Lipinski definition) is 3. The zero-order chi connectivity index (χ0) is 12.6. The van der Waals surface area contributed by atoms with Crippen LogP contribution in [0.3, 0.4) is 0 Å². The number of hydrogen-bond donors (Lipinski definition) is 2. The summed E-state index contributed by atoms with van der Waals surface area (Å²) in [4.78, 5) is 0. The van der Waals surface area contributed by atoms with Gasteiger partial charge in [0.15, 0.2) is 8.32 Å². The fraction of sp³-hybridized carbons (Fsp3) is 1.00. The molecule has 0 spiro atoms. The molecule has 0 amide bonds. The van der Waals surface area contributed by atoms with Crippen LogP contribution in [0.2, 0.25) is 18.1 Å². The van der Waals surface area contributed by atoms with Crippen molar-refractivity contribution in [3.63, 3.8) is 0 Å². The van der Waals surface area contributed by atoms with Gasteiger partial charge < -0.3 is 15.9 Å². The molecule has 96 valence electrons. The highest BCUT2D eigenvalue weighted by Gasteiger charge is 2.40. The molecule has 4 N–H and O–H groups in total. The van der Waals surface area contributed by atoms with Crippen molar-refractivity contribution in [1.82, 2.24) is 0 Å². The molecular weight excluding hydrogens is 216 g/mol. The molecule has 0 saturated heterocycles. The Morgan fingerprint density at radius 1 is 1.00 bits per heavy atom. The second-order valence-corrected chi connectivity index (χ2v) is 11.5. The van der Waals surface area contributed by atoms with Gasteiger partial charge in [0.2, 0.25) is 0 Å². The topological polar surface area (TPSA) is 61.3 Å². The molecule has 4 heteroatoms. The van der Waals surface area contributed by atoms with Crippen LogP contribution in [0.5, 0.6) is 0 Å². The molecule has 16 heavy (non-hydrogen) atoms. The standard InChI is InChI=1S/C12H28N2OSi/c1-12(2,3)16(4,5)15-11-7-9(13)6-10(14)8-11/h9-11H,6-8,13-14H2,1-5H3/t9-,10+,11?. The molecule has 1 saturated carbocycles. The second kappa shape index (κ2) is 4.76. The van der Waals surface area contributed by atoms with Crippen molar-refractivity contribution in [3.05, 3.63) is 0 Å². The summed E-state index contributed by atoms with van der Waals surface area (Å²) in [6, 6.07) is 0.442. The largest absolute Gasteiger partial charge is 0.414 e. The van der Waals surface area contributed by atoms with Gasteiger partial charge in [0.25, 0.3) is 0 Å². The Kier molecular flexibility index (Phi) is 4.22. The second-order valence-electron chi connectivity index (χ2n) is 6.73. The normalized spacial score (nSPS) is 32.8.